The fourth-order valence-corrected chi connectivity index (χ4v) is 3.58. The molecule has 0 fully saturated rings. The van der Waals surface area contributed by atoms with Gasteiger partial charge in [-0.05, 0) is 55.0 Å². The largest absolute Gasteiger partial charge is 0.497 e. The zero-order chi connectivity index (χ0) is 19.4. The van der Waals surface area contributed by atoms with Crippen molar-refractivity contribution in [3.8, 4) is 17.1 Å². The molecule has 140 valence electrons. The van der Waals surface area contributed by atoms with Gasteiger partial charge in [0.1, 0.15) is 12.3 Å². The van der Waals surface area contributed by atoms with E-state index in [0.717, 1.165) is 21.3 Å². The molecule has 2 N–H and O–H groups in total. The lowest BCUT2D eigenvalue weighted by Crippen LogP contribution is -2.30. The predicted molar refractivity (Wildman–Crippen MR) is 110 cm³/mol. The molecule has 8 heteroatoms. The van der Waals surface area contributed by atoms with Crippen molar-refractivity contribution in [2.45, 2.75) is 19.5 Å². The summed E-state index contributed by atoms with van der Waals surface area (Å²) >= 11 is 8.81. The van der Waals surface area contributed by atoms with Gasteiger partial charge in [-0.1, -0.05) is 34.1 Å². The molecule has 1 heterocycles. The van der Waals surface area contributed by atoms with Crippen molar-refractivity contribution in [1.82, 2.24) is 20.1 Å². The maximum Gasteiger partial charge on any atom is 0.240 e. The first-order valence-corrected chi connectivity index (χ1v) is 9.53. The number of nitrogens with one attached hydrogen (secondary N) is 2. The zero-order valence-electron chi connectivity index (χ0n) is 14.9. The summed E-state index contributed by atoms with van der Waals surface area (Å²) in [4.78, 5) is 12.6. The SMILES string of the molecule is COc1ccc(-c2n[nH]c(=S)n2CC(=O)NC(C)c2ccccc2Br)cc1. The molecule has 1 unspecified atom stereocenters. The summed E-state index contributed by atoms with van der Waals surface area (Å²) in [6, 6.07) is 15.1. The molecule has 0 bridgehead atoms. The van der Waals surface area contributed by atoms with Gasteiger partial charge in [0.25, 0.3) is 0 Å². The van der Waals surface area contributed by atoms with E-state index in [9.17, 15) is 4.79 Å². The van der Waals surface area contributed by atoms with Crippen molar-refractivity contribution in [2.24, 2.45) is 0 Å². The van der Waals surface area contributed by atoms with Crippen LogP contribution in [0.25, 0.3) is 11.4 Å². The number of ether oxygens (including phenoxy) is 1. The average molecular weight is 447 g/mol. The number of nitrogens with zero attached hydrogens (tertiary/aromatic N) is 2. The third kappa shape index (κ3) is 4.45. The number of carbonyl (C=O) groups is 1. The molecule has 3 rings (SSSR count). The topological polar surface area (TPSA) is 71.9 Å². The quantitative estimate of drug-likeness (QED) is 0.554. The number of hydrogen-bond donors (Lipinski definition) is 2. The van der Waals surface area contributed by atoms with Crippen molar-refractivity contribution in [1.29, 1.82) is 0 Å². The van der Waals surface area contributed by atoms with Crippen LogP contribution >= 0.6 is 28.1 Å². The first kappa shape index (κ1) is 19.3. The molecular formula is C19H19BrN4O2S. The monoisotopic (exact) mass is 446 g/mol. The third-order valence-electron chi connectivity index (χ3n) is 4.16. The maximum absolute atomic E-state index is 12.6. The molecule has 0 radical (unpaired) electrons. The van der Waals surface area contributed by atoms with E-state index >= 15 is 0 Å². The lowest BCUT2D eigenvalue weighted by molar-refractivity contribution is -0.122. The van der Waals surface area contributed by atoms with E-state index in [1.165, 1.54) is 0 Å². The molecule has 0 aliphatic heterocycles. The van der Waals surface area contributed by atoms with Gasteiger partial charge in [0.15, 0.2) is 10.6 Å². The van der Waals surface area contributed by atoms with Crippen LogP contribution in [0.4, 0.5) is 0 Å². The number of halogens is 1. The number of carbonyl (C=O) groups excluding carboxylic acids is 1. The second-order valence-corrected chi connectivity index (χ2v) is 7.22. The Morgan fingerprint density at radius 3 is 2.67 bits per heavy atom. The molecule has 0 saturated carbocycles. The Balaban J connectivity index is 1.77. The van der Waals surface area contributed by atoms with E-state index in [4.69, 9.17) is 17.0 Å². The van der Waals surface area contributed by atoms with Gasteiger partial charge < -0.3 is 10.1 Å². The number of methoxy groups -OCH3 is 1. The van der Waals surface area contributed by atoms with E-state index in [-0.39, 0.29) is 18.5 Å². The van der Waals surface area contributed by atoms with Crippen LogP contribution in [0.2, 0.25) is 0 Å². The number of aromatic nitrogens is 3. The summed E-state index contributed by atoms with van der Waals surface area (Å²) in [5.74, 6) is 1.20. The molecule has 6 nitrogen and oxygen atoms in total. The van der Waals surface area contributed by atoms with Gasteiger partial charge in [0.2, 0.25) is 5.91 Å². The van der Waals surface area contributed by atoms with E-state index in [2.05, 4.69) is 31.4 Å². The maximum atomic E-state index is 12.6. The van der Waals surface area contributed by atoms with Crippen LogP contribution in [0.5, 0.6) is 5.75 Å². The number of aromatic amines is 1. The van der Waals surface area contributed by atoms with Gasteiger partial charge in [0, 0.05) is 10.0 Å². The highest BCUT2D eigenvalue weighted by molar-refractivity contribution is 9.10. The van der Waals surface area contributed by atoms with Crippen LogP contribution in [0.3, 0.4) is 0 Å². The van der Waals surface area contributed by atoms with Crippen LogP contribution in [0, 0.1) is 4.77 Å². The molecular weight excluding hydrogens is 428 g/mol. The summed E-state index contributed by atoms with van der Waals surface area (Å²) in [7, 11) is 1.61. The van der Waals surface area contributed by atoms with E-state index in [0.29, 0.717) is 10.6 Å². The number of benzene rings is 2. The van der Waals surface area contributed by atoms with Gasteiger partial charge in [-0.3, -0.25) is 14.5 Å². The summed E-state index contributed by atoms with van der Waals surface area (Å²) in [5.41, 5.74) is 1.85. The van der Waals surface area contributed by atoms with E-state index < -0.39 is 0 Å². The molecule has 0 aliphatic carbocycles. The zero-order valence-corrected chi connectivity index (χ0v) is 17.3. The highest BCUT2D eigenvalue weighted by atomic mass is 79.9. The van der Waals surface area contributed by atoms with Crippen molar-refractivity contribution in [3.63, 3.8) is 0 Å². The number of rotatable bonds is 6. The Bertz CT molecular complexity index is 997. The minimum atomic E-state index is -0.148. The first-order valence-electron chi connectivity index (χ1n) is 8.33. The van der Waals surface area contributed by atoms with Crippen molar-refractivity contribution in [2.75, 3.05) is 7.11 Å². The minimum absolute atomic E-state index is 0.0749. The molecule has 27 heavy (non-hydrogen) atoms. The number of hydrogen-bond acceptors (Lipinski definition) is 4. The van der Waals surface area contributed by atoms with Crippen LogP contribution in [-0.4, -0.2) is 27.8 Å². The van der Waals surface area contributed by atoms with Gasteiger partial charge in [-0.15, -0.1) is 0 Å². The summed E-state index contributed by atoms with van der Waals surface area (Å²) in [6.07, 6.45) is 0. The summed E-state index contributed by atoms with van der Waals surface area (Å²) < 4.78 is 8.21. The first-order chi connectivity index (χ1) is 13.0. The Labute approximate surface area is 170 Å². The summed E-state index contributed by atoms with van der Waals surface area (Å²) in [5, 5.41) is 10.0. The highest BCUT2D eigenvalue weighted by Gasteiger charge is 2.16. The standard InChI is InChI=1S/C19H19BrN4O2S/c1-12(15-5-3-4-6-16(15)20)21-17(25)11-24-18(22-23-19(24)27)13-7-9-14(26-2)10-8-13/h3-10,12H,11H2,1-2H3,(H,21,25)(H,23,27). The van der Waals surface area contributed by atoms with Gasteiger partial charge in [-0.25, -0.2) is 0 Å². The van der Waals surface area contributed by atoms with Gasteiger partial charge in [-0.2, -0.15) is 5.10 Å². The Morgan fingerprint density at radius 1 is 1.30 bits per heavy atom. The number of amides is 1. The molecule has 1 aromatic heterocycles. The third-order valence-corrected chi connectivity index (χ3v) is 5.19. The van der Waals surface area contributed by atoms with E-state index in [1.54, 1.807) is 11.7 Å². The minimum Gasteiger partial charge on any atom is -0.497 e. The molecule has 0 spiro atoms. The lowest BCUT2D eigenvalue weighted by Gasteiger charge is -2.16. The van der Waals surface area contributed by atoms with Crippen LogP contribution in [0.15, 0.2) is 53.0 Å². The fraction of sp³-hybridized carbons (Fsp3) is 0.211. The lowest BCUT2D eigenvalue weighted by atomic mass is 10.1. The average Bonchev–Trinajstić information content (AvgIpc) is 3.02. The van der Waals surface area contributed by atoms with Crippen molar-refractivity contribution < 1.29 is 9.53 Å². The Morgan fingerprint density at radius 2 is 2.00 bits per heavy atom. The van der Waals surface area contributed by atoms with Crippen LogP contribution in [0.1, 0.15) is 18.5 Å². The van der Waals surface area contributed by atoms with Crippen molar-refractivity contribution in [3.05, 3.63) is 63.3 Å². The molecule has 0 saturated heterocycles. The summed E-state index contributed by atoms with van der Waals surface area (Å²) in [6.45, 7) is 2.02. The number of H-pyrrole nitrogens is 1. The normalized spacial score (nSPS) is 11.8. The van der Waals surface area contributed by atoms with Crippen LogP contribution in [-0.2, 0) is 11.3 Å². The molecule has 2 aromatic carbocycles. The fourth-order valence-electron chi connectivity index (χ4n) is 2.76. The van der Waals surface area contributed by atoms with Crippen LogP contribution < -0.4 is 10.1 Å². The highest BCUT2D eigenvalue weighted by Crippen LogP contribution is 2.23. The molecule has 3 aromatic rings. The smallest absolute Gasteiger partial charge is 0.240 e. The second kappa shape index (κ2) is 8.49. The van der Waals surface area contributed by atoms with Gasteiger partial charge in [0.05, 0.1) is 13.2 Å². The Kier molecular flexibility index (Phi) is 6.08. The second-order valence-electron chi connectivity index (χ2n) is 5.98. The molecule has 1 amide bonds. The van der Waals surface area contributed by atoms with Gasteiger partial charge >= 0.3 is 0 Å². The molecule has 0 aliphatic rings. The van der Waals surface area contributed by atoms with Crippen molar-refractivity contribution >= 4 is 34.1 Å². The Hall–Kier alpha value is -2.45. The molecule has 1 atom stereocenters. The predicted octanol–water partition coefficient (Wildman–Crippen LogP) is 4.26. The van der Waals surface area contributed by atoms with E-state index in [1.807, 2.05) is 55.5 Å².